The molecule has 0 spiro atoms. The molecule has 3 heterocycles. The number of nitriles is 1. The maximum Gasteiger partial charge on any atom is 0.235 e. The second-order valence-electron chi connectivity index (χ2n) is 5.62. The van der Waals surface area contributed by atoms with E-state index >= 15 is 0 Å². The molecule has 28 heavy (non-hydrogen) atoms. The molecule has 0 radical (unpaired) electrons. The number of hydrogen-bond acceptors (Lipinski definition) is 7. The summed E-state index contributed by atoms with van der Waals surface area (Å²) >= 11 is 4.13. The number of benzene rings is 1. The maximum absolute atomic E-state index is 13.2. The van der Waals surface area contributed by atoms with Gasteiger partial charge in [-0.15, -0.1) is 22.7 Å². The molecule has 4 aromatic rings. The molecule has 0 aliphatic heterocycles. The highest BCUT2D eigenvalue weighted by molar-refractivity contribution is 8.00. The fraction of sp³-hybridized carbons (Fsp3) is 0.0526. The fourth-order valence-corrected chi connectivity index (χ4v) is 5.24. The minimum absolute atomic E-state index is 0.165. The minimum Gasteiger partial charge on any atom is -0.316 e. The van der Waals surface area contributed by atoms with Crippen molar-refractivity contribution in [2.45, 2.75) is 5.03 Å². The van der Waals surface area contributed by atoms with E-state index in [1.165, 1.54) is 52.9 Å². The summed E-state index contributed by atoms with van der Waals surface area (Å²) < 4.78 is 14.0. The van der Waals surface area contributed by atoms with Crippen molar-refractivity contribution in [3.8, 4) is 16.5 Å². The van der Waals surface area contributed by atoms with Crippen LogP contribution in [0.2, 0.25) is 0 Å². The molecule has 138 valence electrons. The highest BCUT2D eigenvalue weighted by Gasteiger charge is 2.14. The summed E-state index contributed by atoms with van der Waals surface area (Å²) in [6.07, 6.45) is 1.47. The average molecular weight is 427 g/mol. The molecule has 0 unspecified atom stereocenters. The molecule has 1 amide bonds. The Balaban J connectivity index is 1.52. The van der Waals surface area contributed by atoms with Gasteiger partial charge in [0.15, 0.2) is 0 Å². The van der Waals surface area contributed by atoms with Crippen LogP contribution in [0.1, 0.15) is 5.56 Å². The van der Waals surface area contributed by atoms with Crippen LogP contribution >= 0.6 is 34.4 Å². The molecule has 0 atom stereocenters. The standard InChI is InChI=1S/C19H11FN4OS3/c20-13-3-1-11(2-4-13)15-7-14-17(28-15)19(23-10-22-14)27-9-16(25)24-18-12(8-21)5-6-26-18/h1-7,10H,9H2,(H,24,25). The number of carbonyl (C=O) groups excluding carboxylic acids is 1. The summed E-state index contributed by atoms with van der Waals surface area (Å²) in [6.45, 7) is 0. The number of hydrogen-bond donors (Lipinski definition) is 1. The van der Waals surface area contributed by atoms with E-state index in [-0.39, 0.29) is 17.5 Å². The van der Waals surface area contributed by atoms with Crippen LogP contribution in [0.25, 0.3) is 20.7 Å². The van der Waals surface area contributed by atoms with E-state index in [4.69, 9.17) is 5.26 Å². The third-order valence-corrected chi connectivity index (χ3v) is 6.91. The first-order chi connectivity index (χ1) is 13.6. The molecule has 9 heteroatoms. The first-order valence-corrected chi connectivity index (χ1v) is 10.7. The Kier molecular flexibility index (Phi) is 5.34. The van der Waals surface area contributed by atoms with E-state index in [0.717, 1.165) is 20.7 Å². The lowest BCUT2D eigenvalue weighted by molar-refractivity contribution is -0.113. The molecule has 0 fully saturated rings. The lowest BCUT2D eigenvalue weighted by Crippen LogP contribution is -2.13. The number of thiophene rings is 2. The van der Waals surface area contributed by atoms with Gasteiger partial charge in [0.05, 0.1) is 21.5 Å². The number of rotatable bonds is 5. The lowest BCUT2D eigenvalue weighted by Gasteiger charge is -2.03. The zero-order valence-corrected chi connectivity index (χ0v) is 16.6. The number of nitrogens with one attached hydrogen (secondary N) is 1. The van der Waals surface area contributed by atoms with E-state index in [1.807, 2.05) is 12.1 Å². The summed E-state index contributed by atoms with van der Waals surface area (Å²) in [4.78, 5) is 21.8. The fourth-order valence-electron chi connectivity index (χ4n) is 2.48. The van der Waals surface area contributed by atoms with Gasteiger partial charge in [0.1, 0.15) is 28.2 Å². The second-order valence-corrected chi connectivity index (χ2v) is 8.56. The van der Waals surface area contributed by atoms with Gasteiger partial charge in [-0.25, -0.2) is 14.4 Å². The Morgan fingerprint density at radius 2 is 2.07 bits per heavy atom. The van der Waals surface area contributed by atoms with Gasteiger partial charge >= 0.3 is 0 Å². The summed E-state index contributed by atoms with van der Waals surface area (Å²) in [5.41, 5.74) is 2.14. The molecule has 0 aliphatic carbocycles. The number of nitrogens with zero attached hydrogens (tertiary/aromatic N) is 3. The normalized spacial score (nSPS) is 10.7. The molecule has 0 aliphatic rings. The van der Waals surface area contributed by atoms with Crippen LogP contribution in [0.4, 0.5) is 9.39 Å². The van der Waals surface area contributed by atoms with E-state index in [0.29, 0.717) is 15.6 Å². The van der Waals surface area contributed by atoms with Crippen LogP contribution in [0.5, 0.6) is 0 Å². The molecular weight excluding hydrogens is 415 g/mol. The smallest absolute Gasteiger partial charge is 0.235 e. The first-order valence-electron chi connectivity index (χ1n) is 8.05. The van der Waals surface area contributed by atoms with Gasteiger partial charge in [0.2, 0.25) is 5.91 Å². The zero-order valence-electron chi connectivity index (χ0n) is 14.2. The minimum atomic E-state index is -0.280. The van der Waals surface area contributed by atoms with Gasteiger partial charge in [-0.1, -0.05) is 23.9 Å². The average Bonchev–Trinajstić information content (AvgIpc) is 3.33. The van der Waals surface area contributed by atoms with Crippen molar-refractivity contribution in [2.75, 3.05) is 11.1 Å². The number of amides is 1. The van der Waals surface area contributed by atoms with Gasteiger partial charge in [0.25, 0.3) is 0 Å². The van der Waals surface area contributed by atoms with Crippen molar-refractivity contribution >= 4 is 55.6 Å². The van der Waals surface area contributed by atoms with Crippen molar-refractivity contribution in [3.05, 3.63) is 59.5 Å². The third-order valence-electron chi connectivity index (χ3n) is 3.79. The maximum atomic E-state index is 13.2. The van der Waals surface area contributed by atoms with Crippen LogP contribution < -0.4 is 5.32 Å². The molecule has 0 bridgehead atoms. The molecule has 0 saturated carbocycles. The Morgan fingerprint density at radius 1 is 1.25 bits per heavy atom. The number of anilines is 1. The summed E-state index contributed by atoms with van der Waals surface area (Å²) in [5.74, 6) is -0.318. The number of halogens is 1. The largest absolute Gasteiger partial charge is 0.316 e. The van der Waals surface area contributed by atoms with Crippen LogP contribution in [-0.4, -0.2) is 21.6 Å². The SMILES string of the molecule is N#Cc1ccsc1NC(=O)CSc1ncnc2cc(-c3ccc(F)cc3)sc12. The van der Waals surface area contributed by atoms with Crippen LogP contribution in [0.15, 0.2) is 53.1 Å². The number of carbonyl (C=O) groups is 1. The molecule has 3 aromatic heterocycles. The second kappa shape index (κ2) is 8.06. The van der Waals surface area contributed by atoms with Crippen molar-refractivity contribution in [3.63, 3.8) is 0 Å². The molecule has 1 aromatic carbocycles. The summed E-state index contributed by atoms with van der Waals surface area (Å²) in [5, 5.41) is 14.8. The molecule has 1 N–H and O–H groups in total. The Hall–Kier alpha value is -2.80. The molecule has 4 rings (SSSR count). The molecule has 0 saturated heterocycles. The highest BCUT2D eigenvalue weighted by Crippen LogP contribution is 2.37. The topological polar surface area (TPSA) is 78.7 Å². The van der Waals surface area contributed by atoms with Crippen LogP contribution in [0.3, 0.4) is 0 Å². The number of fused-ring (bicyclic) bond motifs is 1. The number of aromatic nitrogens is 2. The first kappa shape index (κ1) is 18.6. The quantitative estimate of drug-likeness (QED) is 0.352. The van der Waals surface area contributed by atoms with Crippen LogP contribution in [0, 0.1) is 17.1 Å². The van der Waals surface area contributed by atoms with Crippen molar-refractivity contribution < 1.29 is 9.18 Å². The lowest BCUT2D eigenvalue weighted by atomic mass is 10.2. The van der Waals surface area contributed by atoms with E-state index in [2.05, 4.69) is 15.3 Å². The Bertz CT molecular complexity index is 1190. The molecule has 5 nitrogen and oxygen atoms in total. The van der Waals surface area contributed by atoms with Crippen LogP contribution in [-0.2, 0) is 4.79 Å². The van der Waals surface area contributed by atoms with Gasteiger partial charge in [-0.3, -0.25) is 4.79 Å². The van der Waals surface area contributed by atoms with Crippen molar-refractivity contribution in [2.24, 2.45) is 0 Å². The van der Waals surface area contributed by atoms with E-state index in [1.54, 1.807) is 23.6 Å². The Morgan fingerprint density at radius 3 is 2.86 bits per heavy atom. The number of thioether (sulfide) groups is 1. The predicted octanol–water partition coefficient (Wildman–Crippen LogP) is 5.16. The van der Waals surface area contributed by atoms with Crippen molar-refractivity contribution in [1.82, 2.24) is 9.97 Å². The van der Waals surface area contributed by atoms with E-state index in [9.17, 15) is 9.18 Å². The van der Waals surface area contributed by atoms with Crippen molar-refractivity contribution in [1.29, 1.82) is 5.26 Å². The summed E-state index contributed by atoms with van der Waals surface area (Å²) in [7, 11) is 0. The summed E-state index contributed by atoms with van der Waals surface area (Å²) in [6, 6.07) is 11.9. The molecular formula is C19H11FN4OS3. The Labute approximate surface area is 171 Å². The van der Waals surface area contributed by atoms with Gasteiger partial charge < -0.3 is 5.32 Å². The van der Waals surface area contributed by atoms with Gasteiger partial charge in [-0.05, 0) is 35.2 Å². The zero-order chi connectivity index (χ0) is 19.5. The third kappa shape index (κ3) is 3.89. The van der Waals surface area contributed by atoms with Gasteiger partial charge in [-0.2, -0.15) is 5.26 Å². The predicted molar refractivity (Wildman–Crippen MR) is 111 cm³/mol. The highest BCUT2D eigenvalue weighted by atomic mass is 32.2. The van der Waals surface area contributed by atoms with E-state index < -0.39 is 0 Å². The van der Waals surface area contributed by atoms with Gasteiger partial charge in [0, 0.05) is 4.88 Å². The monoisotopic (exact) mass is 426 g/mol.